The Hall–Kier alpha value is -0.120. The molecular weight excluding hydrogens is 248 g/mol. The number of rotatable bonds is 6. The molecule has 2 N–H and O–H groups in total. The normalized spacial score (nSPS) is 36.1. The summed E-state index contributed by atoms with van der Waals surface area (Å²) in [6, 6.07) is 0.436. The van der Waals surface area contributed by atoms with Crippen molar-refractivity contribution in [2.24, 2.45) is 23.5 Å². The van der Waals surface area contributed by atoms with Gasteiger partial charge in [-0.1, -0.05) is 19.8 Å². The van der Waals surface area contributed by atoms with Crippen LogP contribution in [0.25, 0.3) is 0 Å². The molecule has 2 aliphatic rings. The van der Waals surface area contributed by atoms with Gasteiger partial charge in [0.1, 0.15) is 0 Å². The van der Waals surface area contributed by atoms with Crippen LogP contribution in [0.3, 0.4) is 0 Å². The van der Waals surface area contributed by atoms with Crippen LogP contribution in [-0.4, -0.2) is 44.3 Å². The molecule has 4 atom stereocenters. The highest BCUT2D eigenvalue weighted by molar-refractivity contribution is 4.86. The van der Waals surface area contributed by atoms with E-state index < -0.39 is 0 Å². The molecule has 0 aromatic heterocycles. The predicted molar refractivity (Wildman–Crippen MR) is 84.8 cm³/mol. The van der Waals surface area contributed by atoms with E-state index in [-0.39, 0.29) is 0 Å². The standard InChI is InChI=1S/C17H34N2O/c1-3-5-14-7-8-17(18)16(10-14)12-19-9-4-6-15(11-19)13-20-2/h14-17H,3-13,18H2,1-2H3. The van der Waals surface area contributed by atoms with Gasteiger partial charge in [0, 0.05) is 26.2 Å². The van der Waals surface area contributed by atoms with Crippen molar-refractivity contribution in [2.75, 3.05) is 33.4 Å². The van der Waals surface area contributed by atoms with Crippen LogP contribution in [0.4, 0.5) is 0 Å². The largest absolute Gasteiger partial charge is 0.384 e. The molecule has 3 heteroatoms. The minimum absolute atomic E-state index is 0.436. The molecule has 118 valence electrons. The molecule has 1 saturated carbocycles. The molecule has 1 saturated heterocycles. The zero-order chi connectivity index (χ0) is 14.4. The minimum Gasteiger partial charge on any atom is -0.384 e. The lowest BCUT2D eigenvalue weighted by molar-refractivity contribution is 0.0705. The van der Waals surface area contributed by atoms with Gasteiger partial charge >= 0.3 is 0 Å². The van der Waals surface area contributed by atoms with Gasteiger partial charge in [-0.05, 0) is 56.4 Å². The van der Waals surface area contributed by atoms with Gasteiger partial charge in [-0.2, -0.15) is 0 Å². The highest BCUT2D eigenvalue weighted by atomic mass is 16.5. The summed E-state index contributed by atoms with van der Waals surface area (Å²) in [6.45, 7) is 6.94. The van der Waals surface area contributed by atoms with Crippen molar-refractivity contribution in [2.45, 2.75) is 57.9 Å². The number of nitrogens with zero attached hydrogens (tertiary/aromatic N) is 1. The molecule has 0 spiro atoms. The first-order valence-electron chi connectivity index (χ1n) is 8.69. The van der Waals surface area contributed by atoms with Crippen molar-refractivity contribution in [1.29, 1.82) is 0 Å². The van der Waals surface area contributed by atoms with E-state index in [0.717, 1.165) is 24.4 Å². The zero-order valence-electron chi connectivity index (χ0n) is 13.5. The van der Waals surface area contributed by atoms with Crippen molar-refractivity contribution < 1.29 is 4.74 Å². The number of piperidine rings is 1. The first-order chi connectivity index (χ1) is 9.72. The number of hydrogen-bond donors (Lipinski definition) is 1. The molecule has 0 aromatic rings. The Morgan fingerprint density at radius 3 is 2.80 bits per heavy atom. The molecule has 0 bridgehead atoms. The quantitative estimate of drug-likeness (QED) is 0.814. The lowest BCUT2D eigenvalue weighted by Gasteiger charge is -2.40. The molecule has 20 heavy (non-hydrogen) atoms. The maximum Gasteiger partial charge on any atom is 0.0502 e. The summed E-state index contributed by atoms with van der Waals surface area (Å²) in [6.07, 6.45) is 9.35. The van der Waals surface area contributed by atoms with Gasteiger partial charge in [0.25, 0.3) is 0 Å². The average Bonchev–Trinajstić information content (AvgIpc) is 2.44. The molecular formula is C17H34N2O. The van der Waals surface area contributed by atoms with Crippen molar-refractivity contribution in [1.82, 2.24) is 4.90 Å². The molecule has 4 unspecified atom stereocenters. The molecule has 3 nitrogen and oxygen atoms in total. The van der Waals surface area contributed by atoms with Crippen LogP contribution in [0.1, 0.15) is 51.9 Å². The fourth-order valence-electron chi connectivity index (χ4n) is 4.29. The van der Waals surface area contributed by atoms with E-state index in [2.05, 4.69) is 11.8 Å². The van der Waals surface area contributed by atoms with E-state index in [1.165, 1.54) is 64.6 Å². The SMILES string of the molecule is CCCC1CCC(N)C(CN2CCCC(COC)C2)C1. The van der Waals surface area contributed by atoms with Crippen molar-refractivity contribution >= 4 is 0 Å². The monoisotopic (exact) mass is 282 g/mol. The van der Waals surface area contributed by atoms with Crippen LogP contribution in [0.15, 0.2) is 0 Å². The van der Waals surface area contributed by atoms with Crippen molar-refractivity contribution in [3.63, 3.8) is 0 Å². The highest BCUT2D eigenvalue weighted by Crippen LogP contribution is 2.32. The summed E-state index contributed by atoms with van der Waals surface area (Å²) < 4.78 is 5.34. The van der Waals surface area contributed by atoms with Gasteiger partial charge in [-0.3, -0.25) is 0 Å². The molecule has 0 amide bonds. The van der Waals surface area contributed by atoms with E-state index in [1.54, 1.807) is 0 Å². The first kappa shape index (κ1) is 16.3. The summed E-state index contributed by atoms with van der Waals surface area (Å²) in [5, 5.41) is 0. The fraction of sp³-hybridized carbons (Fsp3) is 1.00. The smallest absolute Gasteiger partial charge is 0.0502 e. The van der Waals surface area contributed by atoms with Crippen LogP contribution in [-0.2, 0) is 4.74 Å². The van der Waals surface area contributed by atoms with Crippen molar-refractivity contribution in [3.8, 4) is 0 Å². The van der Waals surface area contributed by atoms with Gasteiger partial charge in [-0.25, -0.2) is 0 Å². The van der Waals surface area contributed by atoms with E-state index in [9.17, 15) is 0 Å². The second-order valence-corrected chi connectivity index (χ2v) is 7.11. The van der Waals surface area contributed by atoms with Gasteiger partial charge in [0.2, 0.25) is 0 Å². The van der Waals surface area contributed by atoms with E-state index in [0.29, 0.717) is 6.04 Å². The van der Waals surface area contributed by atoms with Gasteiger partial charge in [0.15, 0.2) is 0 Å². The number of hydrogen-bond acceptors (Lipinski definition) is 3. The third-order valence-electron chi connectivity index (χ3n) is 5.34. The summed E-state index contributed by atoms with van der Waals surface area (Å²) in [5.74, 6) is 2.39. The molecule has 2 rings (SSSR count). The van der Waals surface area contributed by atoms with Crippen LogP contribution in [0, 0.1) is 17.8 Å². The molecule has 1 aliphatic carbocycles. The predicted octanol–water partition coefficient (Wildman–Crippen LogP) is 2.89. The zero-order valence-corrected chi connectivity index (χ0v) is 13.5. The average molecular weight is 282 g/mol. The Morgan fingerprint density at radius 1 is 1.20 bits per heavy atom. The van der Waals surface area contributed by atoms with Crippen molar-refractivity contribution in [3.05, 3.63) is 0 Å². The number of likely N-dealkylation sites (tertiary alicyclic amines) is 1. The molecule has 0 radical (unpaired) electrons. The maximum absolute atomic E-state index is 6.40. The number of ether oxygens (including phenoxy) is 1. The fourth-order valence-corrected chi connectivity index (χ4v) is 4.29. The van der Waals surface area contributed by atoms with E-state index in [1.807, 2.05) is 7.11 Å². The van der Waals surface area contributed by atoms with Crippen LogP contribution >= 0.6 is 0 Å². The third kappa shape index (κ3) is 4.71. The van der Waals surface area contributed by atoms with Crippen LogP contribution in [0.5, 0.6) is 0 Å². The first-order valence-corrected chi connectivity index (χ1v) is 8.69. The Kier molecular flexibility index (Phi) is 6.79. The second-order valence-electron chi connectivity index (χ2n) is 7.11. The molecule has 1 heterocycles. The third-order valence-corrected chi connectivity index (χ3v) is 5.34. The Balaban J connectivity index is 1.80. The van der Waals surface area contributed by atoms with Gasteiger partial charge in [0.05, 0.1) is 6.61 Å². The summed E-state index contributed by atoms with van der Waals surface area (Å²) in [7, 11) is 1.82. The van der Waals surface area contributed by atoms with Gasteiger partial charge < -0.3 is 15.4 Å². The topological polar surface area (TPSA) is 38.5 Å². The summed E-state index contributed by atoms with van der Waals surface area (Å²) >= 11 is 0. The molecule has 2 fully saturated rings. The lowest BCUT2D eigenvalue weighted by atomic mass is 9.76. The van der Waals surface area contributed by atoms with Crippen LogP contribution < -0.4 is 5.73 Å². The second kappa shape index (κ2) is 8.35. The molecule has 1 aliphatic heterocycles. The highest BCUT2D eigenvalue weighted by Gasteiger charge is 2.30. The Bertz CT molecular complexity index is 270. The number of methoxy groups -OCH3 is 1. The van der Waals surface area contributed by atoms with Gasteiger partial charge in [-0.15, -0.1) is 0 Å². The maximum atomic E-state index is 6.40. The lowest BCUT2D eigenvalue weighted by Crippen LogP contribution is -2.46. The van der Waals surface area contributed by atoms with E-state index in [4.69, 9.17) is 10.5 Å². The summed E-state index contributed by atoms with van der Waals surface area (Å²) in [4.78, 5) is 2.66. The molecule has 0 aromatic carbocycles. The Morgan fingerprint density at radius 2 is 2.05 bits per heavy atom. The number of nitrogens with two attached hydrogens (primary N) is 1. The minimum atomic E-state index is 0.436. The Labute approximate surface area is 125 Å². The summed E-state index contributed by atoms with van der Waals surface area (Å²) in [5.41, 5.74) is 6.40. The van der Waals surface area contributed by atoms with E-state index >= 15 is 0 Å². The van der Waals surface area contributed by atoms with Crippen LogP contribution in [0.2, 0.25) is 0 Å².